The number of carbonyl (C=O) groups is 1. The number of nitrogens with zero attached hydrogens (tertiary/aromatic N) is 1. The van der Waals surface area contributed by atoms with Crippen LogP contribution in [0.3, 0.4) is 0 Å². The lowest BCUT2D eigenvalue weighted by molar-refractivity contribution is -0.127. The van der Waals surface area contributed by atoms with Crippen molar-refractivity contribution < 1.29 is 17.9 Å². The Morgan fingerprint density at radius 2 is 1.93 bits per heavy atom. The van der Waals surface area contributed by atoms with Crippen molar-refractivity contribution in [3.05, 3.63) is 59.1 Å². The van der Waals surface area contributed by atoms with Crippen LogP contribution in [0.25, 0.3) is 0 Å². The summed E-state index contributed by atoms with van der Waals surface area (Å²) < 4.78 is 30.2. The van der Waals surface area contributed by atoms with Crippen LogP contribution in [0.5, 0.6) is 5.75 Å². The van der Waals surface area contributed by atoms with Crippen molar-refractivity contribution in [1.29, 1.82) is 0 Å². The van der Waals surface area contributed by atoms with Gasteiger partial charge in [-0.3, -0.25) is 9.10 Å². The summed E-state index contributed by atoms with van der Waals surface area (Å²) in [5, 5.41) is 3.63. The van der Waals surface area contributed by atoms with Crippen LogP contribution < -0.4 is 14.4 Å². The van der Waals surface area contributed by atoms with Gasteiger partial charge < -0.3 is 10.1 Å². The molecule has 0 fully saturated rings. The minimum absolute atomic E-state index is 0.168. The second kappa shape index (κ2) is 11.5. The average Bonchev–Trinajstić information content (AvgIpc) is 2.71. The number of benzene rings is 2. The predicted octanol–water partition coefficient (Wildman–Crippen LogP) is 3.94. The Morgan fingerprint density at radius 1 is 1.23 bits per heavy atom. The van der Waals surface area contributed by atoms with E-state index >= 15 is 0 Å². The predicted molar refractivity (Wildman–Crippen MR) is 125 cm³/mol. The smallest absolute Gasteiger partial charge is 0.261 e. The molecule has 0 aliphatic rings. The number of hydrogen-bond acceptors (Lipinski definition) is 5. The normalized spacial score (nSPS) is 12.3. The van der Waals surface area contributed by atoms with Crippen molar-refractivity contribution >= 4 is 45.0 Å². The number of halogens is 1. The number of hydrogen-bond donors (Lipinski definition) is 1. The summed E-state index contributed by atoms with van der Waals surface area (Å²) >= 11 is 7.70. The Balaban J connectivity index is 1.79. The maximum Gasteiger partial charge on any atom is 0.261 e. The van der Waals surface area contributed by atoms with Crippen molar-refractivity contribution in [3.63, 3.8) is 0 Å². The molecule has 2 aromatic carbocycles. The third-order valence-corrected chi connectivity index (χ3v) is 6.81. The molecule has 0 bridgehead atoms. The Kier molecular flexibility index (Phi) is 9.33. The summed E-state index contributed by atoms with van der Waals surface area (Å²) in [6, 6.07) is 14.3. The Hall–Kier alpha value is -1.90. The molecule has 0 aliphatic heterocycles. The zero-order chi connectivity index (χ0) is 22.1. The molecule has 1 atom stereocenters. The number of sulfonamides is 1. The standard InChI is InChI=1S/C21H27ClN2O4S2/c1-4-20(28-19-10-8-18(9-11-19)24(2)30(3,26)27)21(25)23-12-13-29-15-16-6-5-7-17(22)14-16/h5-11,14,20H,4,12-13,15H2,1-3H3,(H,23,25). The summed E-state index contributed by atoms with van der Waals surface area (Å²) in [5.74, 6) is 1.95. The van der Waals surface area contributed by atoms with Crippen LogP contribution in [0, 0.1) is 0 Å². The van der Waals surface area contributed by atoms with E-state index in [0.717, 1.165) is 28.3 Å². The van der Waals surface area contributed by atoms with Gasteiger partial charge in [-0.1, -0.05) is 30.7 Å². The van der Waals surface area contributed by atoms with Gasteiger partial charge in [0.05, 0.1) is 11.9 Å². The van der Waals surface area contributed by atoms with E-state index in [2.05, 4.69) is 5.32 Å². The molecule has 0 aliphatic carbocycles. The van der Waals surface area contributed by atoms with E-state index in [1.165, 1.54) is 11.4 Å². The Labute approximate surface area is 188 Å². The third kappa shape index (κ3) is 7.74. The molecule has 164 valence electrons. The number of nitrogens with one attached hydrogen (secondary N) is 1. The summed E-state index contributed by atoms with van der Waals surface area (Å²) in [7, 11) is -1.84. The molecule has 0 heterocycles. The van der Waals surface area contributed by atoms with Gasteiger partial charge >= 0.3 is 0 Å². The number of anilines is 1. The summed E-state index contributed by atoms with van der Waals surface area (Å²) in [4.78, 5) is 12.4. The van der Waals surface area contributed by atoms with Gasteiger partial charge in [-0.15, -0.1) is 0 Å². The summed E-state index contributed by atoms with van der Waals surface area (Å²) in [6.07, 6.45) is 1.05. The molecule has 9 heteroatoms. The SMILES string of the molecule is CCC(Oc1ccc(N(C)S(C)(=O)=O)cc1)C(=O)NCCSCc1cccc(Cl)c1. The highest BCUT2D eigenvalue weighted by Crippen LogP contribution is 2.21. The van der Waals surface area contributed by atoms with E-state index in [-0.39, 0.29) is 5.91 Å². The topological polar surface area (TPSA) is 75.7 Å². The number of amides is 1. The van der Waals surface area contributed by atoms with Gasteiger partial charge in [0.2, 0.25) is 10.0 Å². The lowest BCUT2D eigenvalue weighted by Crippen LogP contribution is -2.39. The van der Waals surface area contributed by atoms with Gasteiger partial charge in [-0.05, 0) is 48.4 Å². The van der Waals surface area contributed by atoms with Gasteiger partial charge in [0.1, 0.15) is 5.75 Å². The van der Waals surface area contributed by atoms with Crippen LogP contribution in [0.4, 0.5) is 5.69 Å². The average molecular weight is 471 g/mol. The van der Waals surface area contributed by atoms with Crippen LogP contribution in [0.15, 0.2) is 48.5 Å². The van der Waals surface area contributed by atoms with Crippen molar-refractivity contribution in [2.75, 3.05) is 29.9 Å². The second-order valence-electron chi connectivity index (χ2n) is 6.71. The molecule has 0 spiro atoms. The molecule has 0 saturated heterocycles. The quantitative estimate of drug-likeness (QED) is 0.503. The molecule has 30 heavy (non-hydrogen) atoms. The molecule has 0 radical (unpaired) electrons. The molecular formula is C21H27ClN2O4S2. The molecule has 0 saturated carbocycles. The van der Waals surface area contributed by atoms with Gasteiger partial charge in [-0.2, -0.15) is 11.8 Å². The van der Waals surface area contributed by atoms with Gasteiger partial charge in [0.15, 0.2) is 6.10 Å². The fourth-order valence-corrected chi connectivity index (χ4v) is 4.11. The molecule has 2 aromatic rings. The fourth-order valence-electron chi connectivity index (χ4n) is 2.59. The van der Waals surface area contributed by atoms with E-state index in [4.69, 9.17) is 16.3 Å². The van der Waals surface area contributed by atoms with E-state index in [1.807, 2.05) is 31.2 Å². The fraction of sp³-hybridized carbons (Fsp3) is 0.381. The molecular weight excluding hydrogens is 444 g/mol. The van der Waals surface area contributed by atoms with Gasteiger partial charge in [-0.25, -0.2) is 8.42 Å². The third-order valence-electron chi connectivity index (χ3n) is 4.34. The van der Waals surface area contributed by atoms with Crippen LogP contribution in [-0.4, -0.2) is 46.0 Å². The van der Waals surface area contributed by atoms with Crippen molar-refractivity contribution in [2.24, 2.45) is 0 Å². The summed E-state index contributed by atoms with van der Waals surface area (Å²) in [6.45, 7) is 2.42. The van der Waals surface area contributed by atoms with E-state index in [0.29, 0.717) is 24.4 Å². The first-order chi connectivity index (χ1) is 14.2. The summed E-state index contributed by atoms with van der Waals surface area (Å²) in [5.41, 5.74) is 1.68. The molecule has 1 N–H and O–H groups in total. The van der Waals surface area contributed by atoms with Crippen molar-refractivity contribution in [1.82, 2.24) is 5.32 Å². The van der Waals surface area contributed by atoms with Crippen LogP contribution in [0.2, 0.25) is 5.02 Å². The van der Waals surface area contributed by atoms with Crippen molar-refractivity contribution in [2.45, 2.75) is 25.2 Å². The Morgan fingerprint density at radius 3 is 2.53 bits per heavy atom. The van der Waals surface area contributed by atoms with E-state index < -0.39 is 16.1 Å². The highest BCUT2D eigenvalue weighted by atomic mass is 35.5. The maximum absolute atomic E-state index is 12.4. The molecule has 1 unspecified atom stereocenters. The highest BCUT2D eigenvalue weighted by Gasteiger charge is 2.18. The lowest BCUT2D eigenvalue weighted by Gasteiger charge is -2.19. The van der Waals surface area contributed by atoms with Crippen molar-refractivity contribution in [3.8, 4) is 5.75 Å². The number of ether oxygens (including phenoxy) is 1. The van der Waals surface area contributed by atoms with E-state index in [9.17, 15) is 13.2 Å². The minimum atomic E-state index is -3.33. The zero-order valence-corrected chi connectivity index (χ0v) is 19.7. The first-order valence-electron chi connectivity index (χ1n) is 9.51. The maximum atomic E-state index is 12.4. The minimum Gasteiger partial charge on any atom is -0.481 e. The largest absolute Gasteiger partial charge is 0.481 e. The van der Waals surface area contributed by atoms with Gasteiger partial charge in [0, 0.05) is 30.1 Å². The molecule has 0 aromatic heterocycles. The Bertz CT molecular complexity index is 936. The molecule has 1 amide bonds. The number of thioether (sulfide) groups is 1. The number of rotatable bonds is 11. The second-order valence-corrected chi connectivity index (χ2v) is 10.3. The van der Waals surface area contributed by atoms with Gasteiger partial charge in [0.25, 0.3) is 5.91 Å². The van der Waals surface area contributed by atoms with Crippen LogP contribution in [0.1, 0.15) is 18.9 Å². The first-order valence-corrected chi connectivity index (χ1v) is 12.9. The monoisotopic (exact) mass is 470 g/mol. The van der Waals surface area contributed by atoms with Crippen LogP contribution in [-0.2, 0) is 20.6 Å². The highest BCUT2D eigenvalue weighted by molar-refractivity contribution is 7.98. The van der Waals surface area contributed by atoms with Crippen LogP contribution >= 0.6 is 23.4 Å². The lowest BCUT2D eigenvalue weighted by atomic mass is 10.2. The molecule has 2 rings (SSSR count). The number of carbonyl (C=O) groups excluding carboxylic acids is 1. The first kappa shape index (κ1) is 24.4. The molecule has 6 nitrogen and oxygen atoms in total. The zero-order valence-electron chi connectivity index (χ0n) is 17.3. The van der Waals surface area contributed by atoms with E-state index in [1.54, 1.807) is 36.0 Å².